The fourth-order valence-corrected chi connectivity index (χ4v) is 2.38. The van der Waals surface area contributed by atoms with E-state index >= 15 is 0 Å². The Bertz CT molecular complexity index is 913. The third-order valence-corrected chi connectivity index (χ3v) is 3.79. The maximum atomic E-state index is 12.5. The van der Waals surface area contributed by atoms with Crippen LogP contribution in [-0.2, 0) is 4.79 Å². The molecule has 3 aromatic rings. The van der Waals surface area contributed by atoms with Gasteiger partial charge in [0.1, 0.15) is 6.04 Å². The molecule has 23 heavy (non-hydrogen) atoms. The number of aryl methyl sites for hydroxylation is 1. The summed E-state index contributed by atoms with van der Waals surface area (Å²) in [5.41, 5.74) is 1.54. The second-order valence-electron chi connectivity index (χ2n) is 5.51. The number of aromatic nitrogens is 2. The molecule has 0 aliphatic carbocycles. The van der Waals surface area contributed by atoms with Crippen LogP contribution in [-0.4, -0.2) is 15.7 Å². The van der Waals surface area contributed by atoms with Gasteiger partial charge in [-0.15, -0.1) is 0 Å². The van der Waals surface area contributed by atoms with Gasteiger partial charge in [-0.1, -0.05) is 35.9 Å². The molecule has 0 spiro atoms. The standard InChI is InChI=1S/C18H17N3O2/c1-12-7-9-15(10-8-12)20-17(22)13(2)21-18(23)16-6-4-3-5-14(16)11-19-21/h3-11,13H,1-2H3,(H,20,22). The summed E-state index contributed by atoms with van der Waals surface area (Å²) < 4.78 is 1.21. The van der Waals surface area contributed by atoms with E-state index in [0.29, 0.717) is 11.1 Å². The molecule has 116 valence electrons. The first-order valence-electron chi connectivity index (χ1n) is 7.40. The molecular weight excluding hydrogens is 290 g/mol. The summed E-state index contributed by atoms with van der Waals surface area (Å²) in [6.07, 6.45) is 1.60. The summed E-state index contributed by atoms with van der Waals surface area (Å²) >= 11 is 0. The highest BCUT2D eigenvalue weighted by molar-refractivity contribution is 5.93. The fourth-order valence-electron chi connectivity index (χ4n) is 2.38. The van der Waals surface area contributed by atoms with E-state index in [-0.39, 0.29) is 11.5 Å². The molecule has 1 atom stereocenters. The van der Waals surface area contributed by atoms with E-state index in [9.17, 15) is 9.59 Å². The van der Waals surface area contributed by atoms with E-state index in [0.717, 1.165) is 10.9 Å². The molecule has 0 bridgehead atoms. The van der Waals surface area contributed by atoms with Crippen LogP contribution < -0.4 is 10.9 Å². The zero-order chi connectivity index (χ0) is 16.4. The molecule has 1 heterocycles. The lowest BCUT2D eigenvalue weighted by Crippen LogP contribution is -2.33. The van der Waals surface area contributed by atoms with Crippen LogP contribution in [0.3, 0.4) is 0 Å². The molecule has 1 unspecified atom stereocenters. The molecule has 0 aliphatic rings. The predicted molar refractivity (Wildman–Crippen MR) is 90.5 cm³/mol. The van der Waals surface area contributed by atoms with Crippen LogP contribution in [0.2, 0.25) is 0 Å². The Morgan fingerprint density at radius 1 is 1.13 bits per heavy atom. The normalized spacial score (nSPS) is 12.1. The highest BCUT2D eigenvalue weighted by atomic mass is 16.2. The van der Waals surface area contributed by atoms with Gasteiger partial charge in [0.15, 0.2) is 0 Å². The third-order valence-electron chi connectivity index (χ3n) is 3.79. The summed E-state index contributed by atoms with van der Waals surface area (Å²) in [5, 5.41) is 8.25. The maximum Gasteiger partial charge on any atom is 0.275 e. The molecule has 0 radical (unpaired) electrons. The zero-order valence-corrected chi connectivity index (χ0v) is 13.0. The number of fused-ring (bicyclic) bond motifs is 1. The third kappa shape index (κ3) is 2.99. The summed E-state index contributed by atoms with van der Waals surface area (Å²) in [6, 6.07) is 14.0. The average Bonchev–Trinajstić information content (AvgIpc) is 2.57. The number of nitrogens with zero attached hydrogens (tertiary/aromatic N) is 2. The Labute approximate surface area is 133 Å². The van der Waals surface area contributed by atoms with Gasteiger partial charge in [-0.25, -0.2) is 4.68 Å². The van der Waals surface area contributed by atoms with Crippen molar-refractivity contribution in [3.05, 3.63) is 70.6 Å². The smallest absolute Gasteiger partial charge is 0.275 e. The minimum absolute atomic E-state index is 0.269. The second-order valence-corrected chi connectivity index (χ2v) is 5.51. The maximum absolute atomic E-state index is 12.5. The number of hydrogen-bond acceptors (Lipinski definition) is 3. The largest absolute Gasteiger partial charge is 0.324 e. The Kier molecular flexibility index (Phi) is 3.93. The minimum Gasteiger partial charge on any atom is -0.324 e. The lowest BCUT2D eigenvalue weighted by molar-refractivity contribution is -0.119. The molecule has 1 aromatic heterocycles. The van der Waals surface area contributed by atoms with Crippen LogP contribution in [0.5, 0.6) is 0 Å². The monoisotopic (exact) mass is 307 g/mol. The average molecular weight is 307 g/mol. The molecule has 0 saturated heterocycles. The molecule has 2 aromatic carbocycles. The van der Waals surface area contributed by atoms with E-state index in [2.05, 4.69) is 10.4 Å². The zero-order valence-electron chi connectivity index (χ0n) is 13.0. The first-order valence-corrected chi connectivity index (χ1v) is 7.40. The number of anilines is 1. The Hall–Kier alpha value is -2.95. The van der Waals surface area contributed by atoms with E-state index in [4.69, 9.17) is 0 Å². The second kappa shape index (κ2) is 6.04. The Morgan fingerprint density at radius 3 is 2.57 bits per heavy atom. The first-order chi connectivity index (χ1) is 11.1. The van der Waals surface area contributed by atoms with E-state index in [1.165, 1.54) is 4.68 Å². The molecular formula is C18H17N3O2. The van der Waals surface area contributed by atoms with E-state index in [1.807, 2.05) is 43.3 Å². The van der Waals surface area contributed by atoms with Crippen molar-refractivity contribution in [1.82, 2.24) is 9.78 Å². The number of benzene rings is 2. The van der Waals surface area contributed by atoms with Gasteiger partial charge in [0, 0.05) is 11.1 Å². The van der Waals surface area contributed by atoms with Gasteiger partial charge in [0.05, 0.1) is 11.6 Å². The van der Waals surface area contributed by atoms with Crippen molar-refractivity contribution < 1.29 is 4.79 Å². The lowest BCUT2D eigenvalue weighted by atomic mass is 10.2. The van der Waals surface area contributed by atoms with Crippen LogP contribution in [0, 0.1) is 6.92 Å². The minimum atomic E-state index is -0.701. The van der Waals surface area contributed by atoms with Gasteiger partial charge in [-0.3, -0.25) is 9.59 Å². The van der Waals surface area contributed by atoms with Crippen molar-refractivity contribution in [3.8, 4) is 0 Å². The molecule has 1 N–H and O–H groups in total. The predicted octanol–water partition coefficient (Wildman–Crippen LogP) is 2.90. The summed E-state index contributed by atoms with van der Waals surface area (Å²) in [7, 11) is 0. The van der Waals surface area contributed by atoms with Gasteiger partial charge in [0.25, 0.3) is 5.56 Å². The molecule has 3 rings (SSSR count). The van der Waals surface area contributed by atoms with Gasteiger partial charge in [-0.05, 0) is 32.0 Å². The molecule has 1 amide bonds. The highest BCUT2D eigenvalue weighted by Crippen LogP contribution is 2.13. The van der Waals surface area contributed by atoms with E-state index < -0.39 is 6.04 Å². The summed E-state index contributed by atoms with van der Waals surface area (Å²) in [5.74, 6) is -0.279. The summed E-state index contributed by atoms with van der Waals surface area (Å²) in [4.78, 5) is 24.9. The fraction of sp³-hybridized carbons (Fsp3) is 0.167. The Balaban J connectivity index is 1.89. The van der Waals surface area contributed by atoms with Gasteiger partial charge < -0.3 is 5.32 Å². The summed E-state index contributed by atoms with van der Waals surface area (Å²) in [6.45, 7) is 3.64. The molecule has 0 saturated carbocycles. The van der Waals surface area contributed by atoms with Crippen LogP contribution >= 0.6 is 0 Å². The number of amides is 1. The quantitative estimate of drug-likeness (QED) is 0.809. The topological polar surface area (TPSA) is 64.0 Å². The van der Waals surface area contributed by atoms with Crippen molar-refractivity contribution in [3.63, 3.8) is 0 Å². The molecule has 5 nitrogen and oxygen atoms in total. The molecule has 0 aliphatic heterocycles. The first kappa shape index (κ1) is 15.0. The highest BCUT2D eigenvalue weighted by Gasteiger charge is 2.18. The van der Waals surface area contributed by atoms with Crippen molar-refractivity contribution >= 4 is 22.4 Å². The van der Waals surface area contributed by atoms with Crippen LogP contribution in [0.15, 0.2) is 59.5 Å². The van der Waals surface area contributed by atoms with Crippen LogP contribution in [0.4, 0.5) is 5.69 Å². The van der Waals surface area contributed by atoms with Crippen LogP contribution in [0.25, 0.3) is 10.8 Å². The number of carbonyl (C=O) groups excluding carboxylic acids is 1. The van der Waals surface area contributed by atoms with Crippen molar-refractivity contribution in [2.75, 3.05) is 5.32 Å². The van der Waals surface area contributed by atoms with Gasteiger partial charge >= 0.3 is 0 Å². The number of hydrogen-bond donors (Lipinski definition) is 1. The molecule has 0 fully saturated rings. The Morgan fingerprint density at radius 2 is 1.83 bits per heavy atom. The number of rotatable bonds is 3. The lowest BCUT2D eigenvalue weighted by Gasteiger charge is -2.14. The molecule has 5 heteroatoms. The van der Waals surface area contributed by atoms with E-state index in [1.54, 1.807) is 25.3 Å². The van der Waals surface area contributed by atoms with Crippen molar-refractivity contribution in [2.24, 2.45) is 0 Å². The van der Waals surface area contributed by atoms with Gasteiger partial charge in [-0.2, -0.15) is 5.10 Å². The van der Waals surface area contributed by atoms with Gasteiger partial charge in [0.2, 0.25) is 5.91 Å². The van der Waals surface area contributed by atoms with Crippen LogP contribution in [0.1, 0.15) is 18.5 Å². The number of nitrogens with one attached hydrogen (secondary N) is 1. The van der Waals surface area contributed by atoms with Crippen molar-refractivity contribution in [1.29, 1.82) is 0 Å². The SMILES string of the molecule is Cc1ccc(NC(=O)C(C)n2ncc3ccccc3c2=O)cc1. The number of carbonyl (C=O) groups is 1. The van der Waals surface area contributed by atoms with Crippen molar-refractivity contribution in [2.45, 2.75) is 19.9 Å².